The van der Waals surface area contributed by atoms with E-state index in [1.807, 2.05) is 25.1 Å². The van der Waals surface area contributed by atoms with Gasteiger partial charge < -0.3 is 24.6 Å². The maximum Gasteiger partial charge on any atom is 0.330 e. The Morgan fingerprint density at radius 1 is 1.23 bits per heavy atom. The number of benzene rings is 1. The molecule has 0 radical (unpaired) electrons. The predicted molar refractivity (Wildman–Crippen MR) is 152 cm³/mol. The number of nitrogens with one attached hydrogen (secondary N) is 1. The number of nitrogens with zero attached hydrogens (tertiary/aromatic N) is 6. The van der Waals surface area contributed by atoms with Gasteiger partial charge in [-0.1, -0.05) is 29.3 Å². The highest BCUT2D eigenvalue weighted by Crippen LogP contribution is 2.48. The molecule has 13 heteroatoms. The zero-order chi connectivity index (χ0) is 28.3. The van der Waals surface area contributed by atoms with Gasteiger partial charge in [0.05, 0.1) is 32.5 Å². The molecule has 0 saturated carbocycles. The van der Waals surface area contributed by atoms with Crippen molar-refractivity contribution in [1.82, 2.24) is 19.8 Å². The second-order valence-electron chi connectivity index (χ2n) is 9.53. The standard InChI is InChI=1S/C26H33Cl2N7O4/c1-29-25-30-13-16-14-34(23-21(27)18(38-4)12-19(39-5)22(23)28)26(37)35(24(16)31-25)17-8-6-11-33(15-17)20(36)9-7-10-32(2)3/h7,9,12-13,17H,6,8,10-11,14-15H2,1-5H3,(H,29,30,31)/b9-7+. The highest BCUT2D eigenvalue weighted by Gasteiger charge is 2.41. The van der Waals surface area contributed by atoms with Gasteiger partial charge in [-0.2, -0.15) is 4.98 Å². The van der Waals surface area contributed by atoms with Crippen LogP contribution in [0.25, 0.3) is 0 Å². The lowest BCUT2D eigenvalue weighted by atomic mass is 10.0. The van der Waals surface area contributed by atoms with Gasteiger partial charge >= 0.3 is 6.03 Å². The monoisotopic (exact) mass is 577 g/mol. The normalized spacial score (nSPS) is 17.6. The Labute approximate surface area is 238 Å². The van der Waals surface area contributed by atoms with E-state index >= 15 is 0 Å². The summed E-state index contributed by atoms with van der Waals surface area (Å²) >= 11 is 13.4. The summed E-state index contributed by atoms with van der Waals surface area (Å²) in [4.78, 5) is 43.1. The van der Waals surface area contributed by atoms with Crippen molar-refractivity contribution in [3.8, 4) is 11.5 Å². The molecular weight excluding hydrogens is 545 g/mol. The van der Waals surface area contributed by atoms with Gasteiger partial charge in [-0.3, -0.25) is 14.6 Å². The fourth-order valence-corrected chi connectivity index (χ4v) is 5.45. The van der Waals surface area contributed by atoms with E-state index in [2.05, 4.69) is 15.3 Å². The average Bonchev–Trinajstić information content (AvgIpc) is 2.93. The van der Waals surface area contributed by atoms with Gasteiger partial charge in [-0.15, -0.1) is 0 Å². The summed E-state index contributed by atoms with van der Waals surface area (Å²) in [7, 11) is 8.55. The number of fused-ring (bicyclic) bond motifs is 1. The number of amides is 3. The quantitative estimate of drug-likeness (QED) is 0.471. The molecule has 0 aliphatic carbocycles. The summed E-state index contributed by atoms with van der Waals surface area (Å²) in [5.41, 5.74) is 0.972. The number of hydrogen-bond acceptors (Lipinski definition) is 8. The molecule has 2 aliphatic heterocycles. The van der Waals surface area contributed by atoms with E-state index < -0.39 is 0 Å². The van der Waals surface area contributed by atoms with E-state index in [9.17, 15) is 9.59 Å². The van der Waals surface area contributed by atoms with Gasteiger partial charge in [-0.25, -0.2) is 9.78 Å². The van der Waals surface area contributed by atoms with Gasteiger partial charge in [0.2, 0.25) is 11.9 Å². The number of aromatic nitrogens is 2. The molecule has 0 spiro atoms. The van der Waals surface area contributed by atoms with Crippen LogP contribution in [-0.4, -0.2) is 92.7 Å². The van der Waals surface area contributed by atoms with Crippen molar-refractivity contribution in [2.24, 2.45) is 0 Å². The third kappa shape index (κ3) is 5.85. The Bertz CT molecular complexity index is 1250. The van der Waals surface area contributed by atoms with Crippen LogP contribution in [0.3, 0.4) is 0 Å². The molecule has 2 aliphatic rings. The van der Waals surface area contributed by atoms with Crippen LogP contribution in [0.5, 0.6) is 11.5 Å². The smallest absolute Gasteiger partial charge is 0.330 e. The number of urea groups is 1. The lowest BCUT2D eigenvalue weighted by Crippen LogP contribution is -2.57. The van der Waals surface area contributed by atoms with Crippen LogP contribution in [0.2, 0.25) is 10.0 Å². The summed E-state index contributed by atoms with van der Waals surface area (Å²) in [5.74, 6) is 1.41. The van der Waals surface area contributed by atoms with E-state index in [0.717, 1.165) is 6.42 Å². The molecule has 1 aromatic heterocycles. The van der Waals surface area contributed by atoms with Crippen molar-refractivity contribution < 1.29 is 19.1 Å². The number of piperidine rings is 1. The average molecular weight is 579 g/mol. The van der Waals surface area contributed by atoms with Crippen LogP contribution in [-0.2, 0) is 11.3 Å². The molecule has 39 heavy (non-hydrogen) atoms. The van der Waals surface area contributed by atoms with Crippen LogP contribution in [0.4, 0.5) is 22.2 Å². The molecule has 1 aromatic carbocycles. The highest BCUT2D eigenvalue weighted by atomic mass is 35.5. The van der Waals surface area contributed by atoms with Gasteiger partial charge in [0.1, 0.15) is 27.4 Å². The van der Waals surface area contributed by atoms with Gasteiger partial charge in [0.15, 0.2) is 0 Å². The SMILES string of the molecule is CNc1ncc2c(n1)N(C1CCCN(C(=O)/C=C/CN(C)C)C1)C(=O)N(c1c(Cl)c(OC)cc(OC)c1Cl)C2. The summed E-state index contributed by atoms with van der Waals surface area (Å²) < 4.78 is 10.9. The van der Waals surface area contributed by atoms with Crippen molar-refractivity contribution >= 4 is 52.6 Å². The minimum Gasteiger partial charge on any atom is -0.495 e. The van der Waals surface area contributed by atoms with Gasteiger partial charge in [0, 0.05) is 50.6 Å². The number of likely N-dealkylation sites (tertiary alicyclic amines) is 1. The number of carbonyl (C=O) groups is 2. The summed E-state index contributed by atoms with van der Waals surface area (Å²) in [5, 5.41) is 3.30. The highest BCUT2D eigenvalue weighted by molar-refractivity contribution is 6.42. The van der Waals surface area contributed by atoms with E-state index in [0.29, 0.717) is 54.9 Å². The van der Waals surface area contributed by atoms with Crippen LogP contribution in [0, 0.1) is 0 Å². The Hall–Kier alpha value is -3.28. The number of rotatable bonds is 8. The number of methoxy groups -OCH3 is 2. The summed E-state index contributed by atoms with van der Waals surface area (Å²) in [6.45, 7) is 1.75. The Kier molecular flexibility index (Phi) is 9.04. The maximum atomic E-state index is 14.3. The van der Waals surface area contributed by atoms with Crippen LogP contribution >= 0.6 is 23.2 Å². The summed E-state index contributed by atoms with van der Waals surface area (Å²) in [6, 6.07) is 0.874. The molecule has 1 saturated heterocycles. The zero-order valence-corrected chi connectivity index (χ0v) is 24.2. The van der Waals surface area contributed by atoms with Crippen molar-refractivity contribution in [1.29, 1.82) is 0 Å². The molecule has 2 aromatic rings. The lowest BCUT2D eigenvalue weighted by Gasteiger charge is -2.44. The predicted octanol–water partition coefficient (Wildman–Crippen LogP) is 3.90. The molecule has 3 heterocycles. The molecule has 1 atom stereocenters. The first kappa shape index (κ1) is 28.7. The van der Waals surface area contributed by atoms with Crippen LogP contribution in [0.15, 0.2) is 24.4 Å². The van der Waals surface area contributed by atoms with E-state index in [-0.39, 0.29) is 40.3 Å². The number of likely N-dealkylation sites (N-methyl/N-ethyl adjacent to an activating group) is 1. The number of halogens is 2. The minimum atomic E-state index is -0.371. The van der Waals surface area contributed by atoms with Crippen LogP contribution in [0.1, 0.15) is 18.4 Å². The van der Waals surface area contributed by atoms with Gasteiger partial charge in [-0.05, 0) is 26.9 Å². The molecule has 11 nitrogen and oxygen atoms in total. The van der Waals surface area contributed by atoms with Crippen LogP contribution < -0.4 is 24.6 Å². The van der Waals surface area contributed by atoms with Crippen molar-refractivity contribution in [2.45, 2.75) is 25.4 Å². The van der Waals surface area contributed by atoms with Crippen molar-refractivity contribution in [3.63, 3.8) is 0 Å². The first-order valence-corrected chi connectivity index (χ1v) is 13.3. The largest absolute Gasteiger partial charge is 0.495 e. The molecule has 4 rings (SSSR count). The molecule has 1 N–H and O–H groups in total. The maximum absolute atomic E-state index is 14.3. The van der Waals surface area contributed by atoms with E-state index in [1.54, 1.807) is 35.2 Å². The fourth-order valence-electron chi connectivity index (χ4n) is 4.75. The molecule has 1 fully saturated rings. The molecular formula is C26H33Cl2N7O4. The Balaban J connectivity index is 1.75. The van der Waals surface area contributed by atoms with Crippen molar-refractivity contribution in [3.05, 3.63) is 40.0 Å². The molecule has 1 unspecified atom stereocenters. The number of ether oxygens (including phenoxy) is 2. The zero-order valence-electron chi connectivity index (χ0n) is 22.7. The third-order valence-electron chi connectivity index (χ3n) is 6.68. The first-order valence-electron chi connectivity index (χ1n) is 12.5. The molecule has 210 valence electrons. The summed E-state index contributed by atoms with van der Waals surface area (Å²) in [6.07, 6.45) is 6.52. The fraction of sp³-hybridized carbons (Fsp3) is 0.462. The Morgan fingerprint density at radius 3 is 2.54 bits per heavy atom. The molecule has 3 amide bonds. The minimum absolute atomic E-state index is 0.0923. The Morgan fingerprint density at radius 2 is 1.92 bits per heavy atom. The van der Waals surface area contributed by atoms with E-state index in [1.165, 1.54) is 19.1 Å². The third-order valence-corrected chi connectivity index (χ3v) is 7.41. The lowest BCUT2D eigenvalue weighted by molar-refractivity contribution is -0.127. The number of anilines is 3. The topological polar surface area (TPSA) is 103 Å². The molecule has 0 bridgehead atoms. The second kappa shape index (κ2) is 12.3. The van der Waals surface area contributed by atoms with E-state index in [4.69, 9.17) is 32.7 Å². The second-order valence-corrected chi connectivity index (χ2v) is 10.3. The number of hydrogen-bond donors (Lipinski definition) is 1. The first-order chi connectivity index (χ1) is 18.7. The van der Waals surface area contributed by atoms with Crippen molar-refractivity contribution in [2.75, 3.05) is 70.1 Å². The number of carbonyl (C=O) groups excluding carboxylic acids is 2. The van der Waals surface area contributed by atoms with Gasteiger partial charge in [0.25, 0.3) is 0 Å².